The third-order valence-corrected chi connectivity index (χ3v) is 3.91. The zero-order chi connectivity index (χ0) is 13.5. The average Bonchev–Trinajstić information content (AvgIpc) is 3.31. The molecule has 5 heteroatoms. The smallest absolute Gasteiger partial charge is 0.198 e. The molecule has 20 heavy (non-hydrogen) atoms. The molecule has 0 amide bonds. The second-order valence-electron chi connectivity index (χ2n) is 5.64. The van der Waals surface area contributed by atoms with Gasteiger partial charge in [-0.1, -0.05) is 0 Å². The van der Waals surface area contributed by atoms with Crippen LogP contribution in [-0.2, 0) is 13.0 Å². The summed E-state index contributed by atoms with van der Waals surface area (Å²) in [4.78, 5) is 18.2. The zero-order valence-electron chi connectivity index (χ0n) is 11.6. The molecule has 2 aromatic rings. The van der Waals surface area contributed by atoms with Gasteiger partial charge < -0.3 is 5.32 Å². The van der Waals surface area contributed by atoms with Gasteiger partial charge in [0.1, 0.15) is 0 Å². The summed E-state index contributed by atoms with van der Waals surface area (Å²) in [5.74, 6) is 1.95. The maximum absolute atomic E-state index is 4.77. The first kappa shape index (κ1) is 11.9. The minimum absolute atomic E-state index is 0.621. The minimum atomic E-state index is 0.621. The lowest BCUT2D eigenvalue weighted by Gasteiger charge is -2.19. The van der Waals surface area contributed by atoms with Gasteiger partial charge in [0.25, 0.3) is 0 Å². The van der Waals surface area contributed by atoms with Crippen molar-refractivity contribution < 1.29 is 0 Å². The highest BCUT2D eigenvalue weighted by Crippen LogP contribution is 2.42. The molecular formula is C15H17N5. The molecule has 0 atom stereocenters. The number of fused-ring (bicyclic) bond motifs is 1. The molecule has 0 aromatic carbocycles. The van der Waals surface area contributed by atoms with Gasteiger partial charge in [-0.25, -0.2) is 19.9 Å². The Labute approximate surface area is 117 Å². The Morgan fingerprint density at radius 3 is 2.65 bits per heavy atom. The summed E-state index contributed by atoms with van der Waals surface area (Å²) in [5, 5.41) is 3.42. The largest absolute Gasteiger partial charge is 0.312 e. The quantitative estimate of drug-likeness (QED) is 0.898. The molecule has 0 bridgehead atoms. The van der Waals surface area contributed by atoms with E-state index < -0.39 is 0 Å². The Bertz CT molecular complexity index is 646. The van der Waals surface area contributed by atoms with Gasteiger partial charge in [0.05, 0.1) is 11.4 Å². The molecule has 2 aromatic heterocycles. The molecule has 1 aliphatic heterocycles. The molecule has 2 aliphatic rings. The summed E-state index contributed by atoms with van der Waals surface area (Å²) in [7, 11) is 0. The number of nitrogens with one attached hydrogen (secondary N) is 1. The predicted molar refractivity (Wildman–Crippen MR) is 75.2 cm³/mol. The van der Waals surface area contributed by atoms with Crippen molar-refractivity contribution in [2.75, 3.05) is 6.54 Å². The lowest BCUT2D eigenvalue weighted by atomic mass is 10.0. The number of rotatable bonds is 2. The van der Waals surface area contributed by atoms with Crippen LogP contribution in [0.3, 0.4) is 0 Å². The third kappa shape index (κ3) is 2.08. The first-order chi connectivity index (χ1) is 9.81. The molecule has 102 valence electrons. The van der Waals surface area contributed by atoms with Crippen LogP contribution in [0.4, 0.5) is 0 Å². The average molecular weight is 267 g/mol. The standard InChI is InChI=1S/C15H17N5/c1-9-6-17-14(18-7-9)15-19-12-4-5-16-8-11(12)13(20-15)10-2-3-10/h6-7,10,16H,2-5,8H2,1H3. The van der Waals surface area contributed by atoms with Crippen LogP contribution in [0, 0.1) is 6.92 Å². The number of aryl methyl sites for hydroxylation is 1. The molecule has 4 rings (SSSR count). The molecule has 1 aliphatic carbocycles. The van der Waals surface area contributed by atoms with Gasteiger partial charge in [-0.15, -0.1) is 0 Å². The highest BCUT2D eigenvalue weighted by Gasteiger charge is 2.31. The topological polar surface area (TPSA) is 63.6 Å². The van der Waals surface area contributed by atoms with Crippen LogP contribution in [0.25, 0.3) is 11.6 Å². The molecule has 0 saturated heterocycles. The van der Waals surface area contributed by atoms with Gasteiger partial charge in [-0.2, -0.15) is 0 Å². The second kappa shape index (κ2) is 4.59. The second-order valence-corrected chi connectivity index (χ2v) is 5.64. The van der Waals surface area contributed by atoms with E-state index in [2.05, 4.69) is 15.3 Å². The summed E-state index contributed by atoms with van der Waals surface area (Å²) in [6.45, 7) is 3.87. The van der Waals surface area contributed by atoms with Crippen LogP contribution in [-0.4, -0.2) is 26.5 Å². The van der Waals surface area contributed by atoms with Gasteiger partial charge in [0.2, 0.25) is 0 Å². The summed E-state index contributed by atoms with van der Waals surface area (Å²) >= 11 is 0. The van der Waals surface area contributed by atoms with Crippen LogP contribution >= 0.6 is 0 Å². The van der Waals surface area contributed by atoms with E-state index in [0.29, 0.717) is 17.6 Å². The molecule has 1 fully saturated rings. The summed E-state index contributed by atoms with van der Waals surface area (Å²) in [5.41, 5.74) is 4.77. The maximum Gasteiger partial charge on any atom is 0.198 e. The Balaban J connectivity index is 1.83. The number of aromatic nitrogens is 4. The lowest BCUT2D eigenvalue weighted by molar-refractivity contribution is 0.617. The van der Waals surface area contributed by atoms with Crippen molar-refractivity contribution in [3.8, 4) is 11.6 Å². The molecule has 0 spiro atoms. The van der Waals surface area contributed by atoms with E-state index in [-0.39, 0.29) is 0 Å². The highest BCUT2D eigenvalue weighted by molar-refractivity contribution is 5.47. The number of nitrogens with zero attached hydrogens (tertiary/aromatic N) is 4. The van der Waals surface area contributed by atoms with Crippen LogP contribution < -0.4 is 5.32 Å². The van der Waals surface area contributed by atoms with Crippen LogP contribution in [0.2, 0.25) is 0 Å². The van der Waals surface area contributed by atoms with E-state index >= 15 is 0 Å². The number of hydrogen-bond acceptors (Lipinski definition) is 5. The minimum Gasteiger partial charge on any atom is -0.312 e. The van der Waals surface area contributed by atoms with Gasteiger partial charge in [0.15, 0.2) is 11.6 Å². The van der Waals surface area contributed by atoms with E-state index in [1.54, 1.807) is 0 Å². The maximum atomic E-state index is 4.77. The van der Waals surface area contributed by atoms with Crippen molar-refractivity contribution in [3.63, 3.8) is 0 Å². The summed E-state index contributed by atoms with van der Waals surface area (Å²) < 4.78 is 0. The van der Waals surface area contributed by atoms with Crippen molar-refractivity contribution in [3.05, 3.63) is 34.9 Å². The lowest BCUT2D eigenvalue weighted by Crippen LogP contribution is -2.26. The third-order valence-electron chi connectivity index (χ3n) is 3.91. The van der Waals surface area contributed by atoms with Crippen molar-refractivity contribution >= 4 is 0 Å². The van der Waals surface area contributed by atoms with Gasteiger partial charge in [-0.3, -0.25) is 0 Å². The fourth-order valence-electron chi connectivity index (χ4n) is 2.67. The fourth-order valence-corrected chi connectivity index (χ4v) is 2.67. The SMILES string of the molecule is Cc1cnc(-c2nc3c(c(C4CC4)n2)CNCC3)nc1. The highest BCUT2D eigenvalue weighted by atomic mass is 15.0. The van der Waals surface area contributed by atoms with Crippen LogP contribution in [0.15, 0.2) is 12.4 Å². The van der Waals surface area contributed by atoms with Gasteiger partial charge >= 0.3 is 0 Å². The first-order valence-corrected chi connectivity index (χ1v) is 7.20. The first-order valence-electron chi connectivity index (χ1n) is 7.20. The summed E-state index contributed by atoms with van der Waals surface area (Å²) in [6, 6.07) is 0. The Hall–Kier alpha value is -1.88. The monoisotopic (exact) mass is 267 g/mol. The van der Waals surface area contributed by atoms with Crippen molar-refractivity contribution in [1.29, 1.82) is 0 Å². The molecule has 1 N–H and O–H groups in total. The Morgan fingerprint density at radius 1 is 1.10 bits per heavy atom. The van der Waals surface area contributed by atoms with Crippen molar-refractivity contribution in [1.82, 2.24) is 25.3 Å². The Morgan fingerprint density at radius 2 is 1.90 bits per heavy atom. The van der Waals surface area contributed by atoms with Gasteiger partial charge in [0, 0.05) is 43.4 Å². The molecule has 0 unspecified atom stereocenters. The fraction of sp³-hybridized carbons (Fsp3) is 0.467. The molecular weight excluding hydrogens is 250 g/mol. The van der Waals surface area contributed by atoms with Crippen LogP contribution in [0.5, 0.6) is 0 Å². The molecule has 5 nitrogen and oxygen atoms in total. The molecule has 3 heterocycles. The number of hydrogen-bond donors (Lipinski definition) is 1. The van der Waals surface area contributed by atoms with E-state index in [1.165, 1.54) is 29.8 Å². The predicted octanol–water partition coefficient (Wildman–Crippen LogP) is 1.77. The molecule has 1 saturated carbocycles. The van der Waals surface area contributed by atoms with E-state index in [4.69, 9.17) is 9.97 Å². The van der Waals surface area contributed by atoms with E-state index in [1.807, 2.05) is 19.3 Å². The van der Waals surface area contributed by atoms with E-state index in [9.17, 15) is 0 Å². The van der Waals surface area contributed by atoms with Crippen LogP contribution in [0.1, 0.15) is 41.3 Å². The Kier molecular flexibility index (Phi) is 2.73. The molecule has 0 radical (unpaired) electrons. The normalized spacial score (nSPS) is 17.9. The van der Waals surface area contributed by atoms with Crippen molar-refractivity contribution in [2.24, 2.45) is 0 Å². The van der Waals surface area contributed by atoms with Gasteiger partial charge in [-0.05, 0) is 25.3 Å². The zero-order valence-corrected chi connectivity index (χ0v) is 11.6. The van der Waals surface area contributed by atoms with E-state index in [0.717, 1.165) is 25.1 Å². The van der Waals surface area contributed by atoms with Crippen molar-refractivity contribution in [2.45, 2.75) is 38.6 Å². The summed E-state index contributed by atoms with van der Waals surface area (Å²) in [6.07, 6.45) is 7.11.